The van der Waals surface area contributed by atoms with Crippen molar-refractivity contribution in [3.8, 4) is 0 Å². The predicted octanol–water partition coefficient (Wildman–Crippen LogP) is -0.263. The lowest BCUT2D eigenvalue weighted by molar-refractivity contribution is -0.144. The van der Waals surface area contributed by atoms with E-state index in [0.29, 0.717) is 0 Å². The molecule has 86 valence electrons. The van der Waals surface area contributed by atoms with E-state index in [1.54, 1.807) is 0 Å². The van der Waals surface area contributed by atoms with Gasteiger partial charge in [0.1, 0.15) is 6.04 Å². The van der Waals surface area contributed by atoms with Crippen LogP contribution in [0.1, 0.15) is 6.92 Å². The second kappa shape index (κ2) is 7.10. The highest BCUT2D eigenvalue weighted by Gasteiger charge is 2.21. The molecule has 0 spiro atoms. The zero-order valence-electron chi connectivity index (χ0n) is 8.83. The molecule has 7 heteroatoms. The first kappa shape index (κ1) is 13.8. The lowest BCUT2D eigenvalue weighted by atomic mass is 10.3. The minimum Gasteiger partial charge on any atom is -0.467 e. The maximum Gasteiger partial charge on any atom is 0.329 e. The number of carbonyl (C=O) groups excluding carboxylic acids is 3. The minimum atomic E-state index is -0.796. The average Bonchev–Trinajstić information content (AvgIpc) is 2.21. The van der Waals surface area contributed by atoms with Gasteiger partial charge in [-0.15, -0.1) is 0 Å². The number of rotatable bonds is 4. The van der Waals surface area contributed by atoms with E-state index in [2.05, 4.69) is 15.4 Å². The van der Waals surface area contributed by atoms with E-state index >= 15 is 0 Å². The van der Waals surface area contributed by atoms with Crippen LogP contribution in [0.25, 0.3) is 0 Å². The summed E-state index contributed by atoms with van der Waals surface area (Å²) in [5.41, 5.74) is 0. The molecule has 0 aliphatic rings. The molecule has 0 unspecified atom stereocenters. The molecule has 0 saturated heterocycles. The first-order valence-corrected chi connectivity index (χ1v) is 5.19. The van der Waals surface area contributed by atoms with Crippen LogP contribution in [0.4, 0.5) is 4.79 Å². The first-order chi connectivity index (χ1) is 7.01. The van der Waals surface area contributed by atoms with Gasteiger partial charge in [0.05, 0.1) is 7.11 Å². The third-order valence-electron chi connectivity index (χ3n) is 1.45. The van der Waals surface area contributed by atoms with E-state index in [-0.39, 0.29) is 16.9 Å². The van der Waals surface area contributed by atoms with Crippen LogP contribution in [-0.2, 0) is 14.3 Å². The average molecular weight is 234 g/mol. The Morgan fingerprint density at radius 2 is 2.00 bits per heavy atom. The highest BCUT2D eigenvalue weighted by Crippen LogP contribution is 2.05. The maximum atomic E-state index is 11.2. The van der Waals surface area contributed by atoms with Gasteiger partial charge in [0.15, 0.2) is 0 Å². The molecule has 0 aromatic heterocycles. The van der Waals surface area contributed by atoms with Gasteiger partial charge in [-0.05, 0) is 0 Å². The molecule has 0 aromatic carbocycles. The molecular formula is C8H14N2O4S. The molecular weight excluding hydrogens is 220 g/mol. The third-order valence-corrected chi connectivity index (χ3v) is 2.41. The fraction of sp³-hybridized carbons (Fsp3) is 0.625. The second-order valence-electron chi connectivity index (χ2n) is 2.62. The summed E-state index contributed by atoms with van der Waals surface area (Å²) >= 11 is 0.905. The SMILES string of the molecule is CNC(=O)SC[C@H](NC(C)=O)C(=O)OC. The van der Waals surface area contributed by atoms with Crippen LogP contribution in [0.15, 0.2) is 0 Å². The van der Waals surface area contributed by atoms with Crippen molar-refractivity contribution in [1.29, 1.82) is 0 Å². The van der Waals surface area contributed by atoms with E-state index < -0.39 is 12.0 Å². The van der Waals surface area contributed by atoms with Crippen LogP contribution in [0, 0.1) is 0 Å². The molecule has 0 rings (SSSR count). The molecule has 0 aliphatic heterocycles. The molecule has 0 fully saturated rings. The molecule has 1 atom stereocenters. The number of methoxy groups -OCH3 is 1. The Kier molecular flexibility index (Phi) is 6.52. The Labute approximate surface area is 92.1 Å². The summed E-state index contributed by atoms with van der Waals surface area (Å²) in [5.74, 6) is -0.768. The topological polar surface area (TPSA) is 84.5 Å². The minimum absolute atomic E-state index is 0.145. The number of esters is 1. The molecule has 0 aromatic rings. The molecule has 0 heterocycles. The molecule has 0 saturated carbocycles. The predicted molar refractivity (Wildman–Crippen MR) is 56.5 cm³/mol. The fourth-order valence-corrected chi connectivity index (χ4v) is 1.47. The van der Waals surface area contributed by atoms with Gasteiger partial charge in [0.25, 0.3) is 5.24 Å². The van der Waals surface area contributed by atoms with E-state index in [1.165, 1.54) is 21.1 Å². The van der Waals surface area contributed by atoms with Crippen LogP contribution in [-0.4, -0.2) is 43.1 Å². The molecule has 0 aliphatic carbocycles. The van der Waals surface area contributed by atoms with Crippen LogP contribution in [0.5, 0.6) is 0 Å². The quantitative estimate of drug-likeness (QED) is 0.654. The van der Waals surface area contributed by atoms with Crippen molar-refractivity contribution < 1.29 is 19.1 Å². The zero-order chi connectivity index (χ0) is 11.8. The Morgan fingerprint density at radius 1 is 1.40 bits per heavy atom. The van der Waals surface area contributed by atoms with Gasteiger partial charge in [0, 0.05) is 19.7 Å². The maximum absolute atomic E-state index is 11.2. The molecule has 2 N–H and O–H groups in total. The summed E-state index contributed by atoms with van der Waals surface area (Å²) in [6.07, 6.45) is 0. The second-order valence-corrected chi connectivity index (χ2v) is 3.62. The van der Waals surface area contributed by atoms with Crippen LogP contribution < -0.4 is 10.6 Å². The molecule has 6 nitrogen and oxygen atoms in total. The third kappa shape index (κ3) is 5.95. The van der Waals surface area contributed by atoms with E-state index in [1.807, 2.05) is 0 Å². The van der Waals surface area contributed by atoms with Crippen molar-refractivity contribution >= 4 is 28.9 Å². The van der Waals surface area contributed by atoms with Gasteiger partial charge in [-0.3, -0.25) is 9.59 Å². The first-order valence-electron chi connectivity index (χ1n) is 4.20. The van der Waals surface area contributed by atoms with Gasteiger partial charge < -0.3 is 15.4 Å². The fourth-order valence-electron chi connectivity index (χ4n) is 0.787. The highest BCUT2D eigenvalue weighted by molar-refractivity contribution is 8.13. The van der Waals surface area contributed by atoms with Crippen molar-refractivity contribution in [1.82, 2.24) is 10.6 Å². The van der Waals surface area contributed by atoms with Gasteiger partial charge in [-0.25, -0.2) is 4.79 Å². The Hall–Kier alpha value is -1.24. The number of nitrogens with one attached hydrogen (secondary N) is 2. The Morgan fingerprint density at radius 3 is 2.40 bits per heavy atom. The lowest BCUT2D eigenvalue weighted by Gasteiger charge is -2.14. The van der Waals surface area contributed by atoms with Crippen molar-refractivity contribution in [3.63, 3.8) is 0 Å². The largest absolute Gasteiger partial charge is 0.467 e. The molecule has 0 bridgehead atoms. The van der Waals surface area contributed by atoms with Gasteiger partial charge in [-0.2, -0.15) is 0 Å². The Balaban J connectivity index is 4.18. The van der Waals surface area contributed by atoms with Crippen molar-refractivity contribution in [3.05, 3.63) is 0 Å². The number of ether oxygens (including phenoxy) is 1. The van der Waals surface area contributed by atoms with E-state index in [0.717, 1.165) is 11.8 Å². The number of amides is 2. The summed E-state index contributed by atoms with van der Waals surface area (Å²) in [4.78, 5) is 32.8. The highest BCUT2D eigenvalue weighted by atomic mass is 32.2. The standard InChI is InChI=1S/C8H14N2O4S/c1-5(11)10-6(7(12)14-3)4-15-8(13)9-2/h6H,4H2,1-3H3,(H,9,13)(H,10,11)/t6-/m0/s1. The smallest absolute Gasteiger partial charge is 0.329 e. The van der Waals surface area contributed by atoms with Gasteiger partial charge in [-0.1, -0.05) is 11.8 Å². The van der Waals surface area contributed by atoms with Crippen molar-refractivity contribution in [2.45, 2.75) is 13.0 Å². The summed E-state index contributed by atoms with van der Waals surface area (Å²) < 4.78 is 4.48. The monoisotopic (exact) mass is 234 g/mol. The Bertz CT molecular complexity index is 257. The lowest BCUT2D eigenvalue weighted by Crippen LogP contribution is -2.42. The summed E-state index contributed by atoms with van der Waals surface area (Å²) in [5, 5.41) is 4.52. The number of carbonyl (C=O) groups is 3. The molecule has 0 radical (unpaired) electrons. The summed E-state index contributed by atoms with van der Waals surface area (Å²) in [7, 11) is 2.71. The van der Waals surface area contributed by atoms with E-state index in [9.17, 15) is 14.4 Å². The van der Waals surface area contributed by atoms with Crippen LogP contribution in [0.3, 0.4) is 0 Å². The van der Waals surface area contributed by atoms with Gasteiger partial charge in [0.2, 0.25) is 5.91 Å². The molecule has 15 heavy (non-hydrogen) atoms. The van der Waals surface area contributed by atoms with Crippen LogP contribution in [0.2, 0.25) is 0 Å². The van der Waals surface area contributed by atoms with E-state index in [4.69, 9.17) is 0 Å². The number of hydrogen-bond donors (Lipinski definition) is 2. The van der Waals surface area contributed by atoms with Crippen molar-refractivity contribution in [2.75, 3.05) is 19.9 Å². The number of hydrogen-bond acceptors (Lipinski definition) is 5. The summed E-state index contributed by atoms with van der Waals surface area (Å²) in [6.45, 7) is 1.29. The normalized spacial score (nSPS) is 11.4. The van der Waals surface area contributed by atoms with Gasteiger partial charge >= 0.3 is 5.97 Å². The van der Waals surface area contributed by atoms with Crippen molar-refractivity contribution in [2.24, 2.45) is 0 Å². The number of thioether (sulfide) groups is 1. The molecule has 2 amide bonds. The van der Waals surface area contributed by atoms with Crippen LogP contribution >= 0.6 is 11.8 Å². The summed E-state index contributed by atoms with van der Waals surface area (Å²) in [6, 6.07) is -0.796. The zero-order valence-corrected chi connectivity index (χ0v) is 9.64.